The number of halogens is 14. The fourth-order valence-corrected chi connectivity index (χ4v) is 3.64. The Morgan fingerprint density at radius 3 is 1.14 bits per heavy atom. The van der Waals surface area contributed by atoms with Crippen LogP contribution in [0, 0.1) is 0 Å². The zero-order valence-corrected chi connectivity index (χ0v) is 19.0. The lowest BCUT2D eigenvalue weighted by Gasteiger charge is -2.29. The van der Waals surface area contributed by atoms with Crippen molar-refractivity contribution < 1.29 is 90.6 Å². The number of thioether (sulfide) groups is 1. The van der Waals surface area contributed by atoms with E-state index in [0.717, 1.165) is 0 Å². The topological polar surface area (TPSA) is 115 Å². The Morgan fingerprint density at radius 1 is 0.528 bits per heavy atom. The minimum atomic E-state index is -6.26. The fourth-order valence-electron chi connectivity index (χ4n) is 1.81. The third kappa shape index (κ3) is 12.1. The molecule has 0 aliphatic heterocycles. The summed E-state index contributed by atoms with van der Waals surface area (Å²) >= 11 is 0.622. The van der Waals surface area contributed by atoms with Gasteiger partial charge in [-0.05, 0) is 5.75 Å². The zero-order chi connectivity index (χ0) is 29.9. The van der Waals surface area contributed by atoms with Crippen LogP contribution in [0.2, 0.25) is 0 Å². The summed E-state index contributed by atoms with van der Waals surface area (Å²) in [6, 6.07) is 0. The van der Waals surface area contributed by atoms with Gasteiger partial charge < -0.3 is 10.2 Å². The molecule has 0 spiro atoms. The average Bonchev–Trinajstić information content (AvgIpc) is 2.68. The van der Waals surface area contributed by atoms with Gasteiger partial charge in [0.1, 0.15) is 0 Å². The molecule has 0 fully saturated rings. The second-order valence-electron chi connectivity index (χ2n) is 6.30. The maximum Gasteiger partial charge on any atom is 0.431 e. The molecule has 22 heteroatoms. The Balaban J connectivity index is -0.000000569. The van der Waals surface area contributed by atoms with Crippen LogP contribution in [0.25, 0.3) is 0 Å². The molecule has 0 rings (SSSR count). The van der Waals surface area contributed by atoms with E-state index >= 15 is 0 Å². The van der Waals surface area contributed by atoms with Crippen LogP contribution in [0.5, 0.6) is 0 Å². The van der Waals surface area contributed by atoms with Crippen molar-refractivity contribution in [2.45, 2.75) is 48.9 Å². The van der Waals surface area contributed by atoms with E-state index in [9.17, 15) is 69.9 Å². The number of alkyl halides is 14. The maximum absolute atomic E-state index is 13.0. The summed E-state index contributed by atoms with van der Waals surface area (Å²) < 4.78 is 192. The van der Waals surface area contributed by atoms with Crippen LogP contribution in [-0.2, 0) is 9.84 Å². The molecule has 222 valence electrons. The molecule has 0 aliphatic carbocycles. The molecule has 0 heterocycles. The maximum atomic E-state index is 13.0. The van der Waals surface area contributed by atoms with Crippen molar-refractivity contribution in [2.75, 3.05) is 36.2 Å². The van der Waals surface area contributed by atoms with Crippen LogP contribution in [0.15, 0.2) is 0 Å². The standard InChI is InChI=1S/C7H9F7O3S.C7H9F7OS.H2O2/c8-5(6(9,10)11,7(12,13)14)1-3-18(16,17)4-2-15;8-5(6(9,10)11,7(12,13)14)1-3-16-4-2-15;1-2/h15H,1-4H2;15H,1-4H2;1-2H. The molecule has 4 N–H and O–H groups in total. The van der Waals surface area contributed by atoms with Crippen molar-refractivity contribution in [1.82, 2.24) is 0 Å². The van der Waals surface area contributed by atoms with Crippen molar-refractivity contribution in [1.29, 1.82) is 0 Å². The molecule has 36 heavy (non-hydrogen) atoms. The minimum absolute atomic E-state index is 0.0359. The van der Waals surface area contributed by atoms with E-state index in [0.29, 0.717) is 11.8 Å². The Hall–Kier alpha value is -0.840. The third-order valence-corrected chi connectivity index (χ3v) is 6.38. The van der Waals surface area contributed by atoms with Gasteiger partial charge in [0.05, 0.1) is 24.7 Å². The smallest absolute Gasteiger partial charge is 0.396 e. The molecule has 0 saturated carbocycles. The van der Waals surface area contributed by atoms with Gasteiger partial charge in [-0.1, -0.05) is 0 Å². The molecule has 0 unspecified atom stereocenters. The van der Waals surface area contributed by atoms with Gasteiger partial charge >= 0.3 is 24.7 Å². The molecule has 0 aromatic heterocycles. The largest absolute Gasteiger partial charge is 0.431 e. The summed E-state index contributed by atoms with van der Waals surface area (Å²) in [5, 5.41) is 28.5. The van der Waals surface area contributed by atoms with Gasteiger partial charge in [0, 0.05) is 18.6 Å². The van der Waals surface area contributed by atoms with Crippen molar-refractivity contribution >= 4 is 21.6 Å². The van der Waals surface area contributed by atoms with Crippen molar-refractivity contribution in [2.24, 2.45) is 0 Å². The second kappa shape index (κ2) is 14.9. The van der Waals surface area contributed by atoms with E-state index in [1.807, 2.05) is 0 Å². The monoisotopic (exact) mass is 614 g/mol. The Morgan fingerprint density at radius 2 is 0.861 bits per heavy atom. The Bertz CT molecular complexity index is 675. The number of sulfone groups is 1. The summed E-state index contributed by atoms with van der Waals surface area (Å²) in [6.07, 6.45) is -28.5. The molecule has 0 saturated heterocycles. The summed E-state index contributed by atoms with van der Waals surface area (Å²) in [4.78, 5) is 0. The van der Waals surface area contributed by atoms with Crippen molar-refractivity contribution in [3.63, 3.8) is 0 Å². The summed E-state index contributed by atoms with van der Waals surface area (Å²) in [6.45, 7) is -1.36. The van der Waals surface area contributed by atoms with Crippen LogP contribution in [0.4, 0.5) is 61.5 Å². The number of aliphatic hydroxyl groups excluding tert-OH is 2. The van der Waals surface area contributed by atoms with Crippen LogP contribution in [0.1, 0.15) is 12.8 Å². The Labute approximate surface area is 198 Å². The predicted octanol–water partition coefficient (Wildman–Crippen LogP) is 4.57. The van der Waals surface area contributed by atoms with Gasteiger partial charge in [0.15, 0.2) is 9.84 Å². The van der Waals surface area contributed by atoms with Crippen LogP contribution in [0.3, 0.4) is 0 Å². The molecule has 0 radical (unpaired) electrons. The predicted molar refractivity (Wildman–Crippen MR) is 96.5 cm³/mol. The SMILES string of the molecule is O=S(=O)(CCO)CCC(F)(C(F)(F)F)C(F)(F)F.OCCSCCC(F)(C(F)(F)F)C(F)(F)F.OO. The molecule has 0 aromatic carbocycles. The van der Waals surface area contributed by atoms with E-state index in [2.05, 4.69) is 0 Å². The van der Waals surface area contributed by atoms with Gasteiger partial charge in [0.2, 0.25) is 0 Å². The van der Waals surface area contributed by atoms with E-state index in [1.54, 1.807) is 0 Å². The lowest BCUT2D eigenvalue weighted by atomic mass is 10.0. The molecule has 0 amide bonds. The van der Waals surface area contributed by atoms with Crippen LogP contribution >= 0.6 is 11.8 Å². The molecule has 0 aliphatic rings. The van der Waals surface area contributed by atoms with Gasteiger partial charge in [-0.15, -0.1) is 0 Å². The summed E-state index contributed by atoms with van der Waals surface area (Å²) in [7, 11) is -4.38. The summed E-state index contributed by atoms with van der Waals surface area (Å²) in [5.74, 6) is -3.40. The minimum Gasteiger partial charge on any atom is -0.396 e. The van der Waals surface area contributed by atoms with Crippen LogP contribution < -0.4 is 0 Å². The lowest BCUT2D eigenvalue weighted by molar-refractivity contribution is -0.342. The van der Waals surface area contributed by atoms with E-state index in [4.69, 9.17) is 20.7 Å². The molecule has 0 atom stereocenters. The van der Waals surface area contributed by atoms with Crippen molar-refractivity contribution in [3.05, 3.63) is 0 Å². The quantitative estimate of drug-likeness (QED) is 0.123. The molecular formula is C14H20F14O6S2. The molecule has 6 nitrogen and oxygen atoms in total. The second-order valence-corrected chi connectivity index (χ2v) is 9.83. The van der Waals surface area contributed by atoms with Crippen molar-refractivity contribution in [3.8, 4) is 0 Å². The lowest BCUT2D eigenvalue weighted by Crippen LogP contribution is -2.54. The normalized spacial score (nSPS) is 13.9. The highest BCUT2D eigenvalue weighted by molar-refractivity contribution is 7.99. The first-order valence-electron chi connectivity index (χ1n) is 8.67. The molecular weight excluding hydrogens is 594 g/mol. The highest BCUT2D eigenvalue weighted by Crippen LogP contribution is 2.49. The third-order valence-electron chi connectivity index (χ3n) is 3.78. The Kier molecular flexibility index (Phi) is 16.5. The number of aliphatic hydroxyl groups is 2. The highest BCUT2D eigenvalue weighted by atomic mass is 32.2. The van der Waals surface area contributed by atoms with Gasteiger partial charge in [-0.2, -0.15) is 64.4 Å². The van der Waals surface area contributed by atoms with Gasteiger partial charge in [0.25, 0.3) is 11.3 Å². The number of hydrogen-bond acceptors (Lipinski definition) is 7. The first-order valence-corrected chi connectivity index (χ1v) is 11.6. The highest BCUT2D eigenvalue weighted by Gasteiger charge is 2.72. The molecule has 0 aromatic rings. The van der Waals surface area contributed by atoms with E-state index in [-0.39, 0.29) is 12.4 Å². The fraction of sp³-hybridized carbons (Fsp3) is 1.00. The zero-order valence-electron chi connectivity index (χ0n) is 17.4. The number of rotatable bonds is 10. The van der Waals surface area contributed by atoms with Crippen LogP contribution in [-0.4, -0.2) is 101 Å². The first kappa shape index (κ1) is 39.7. The molecule has 0 bridgehead atoms. The summed E-state index contributed by atoms with van der Waals surface area (Å²) in [5.41, 5.74) is -10.8. The van der Waals surface area contributed by atoms with Gasteiger partial charge in [-0.3, -0.25) is 10.5 Å². The number of hydrogen-bond donors (Lipinski definition) is 4. The van der Waals surface area contributed by atoms with Gasteiger partial charge in [-0.25, -0.2) is 17.2 Å². The van der Waals surface area contributed by atoms with E-state index in [1.165, 1.54) is 0 Å². The first-order chi connectivity index (χ1) is 15.8. The van der Waals surface area contributed by atoms with E-state index < -0.39 is 82.6 Å². The average molecular weight is 614 g/mol.